The highest BCUT2D eigenvalue weighted by atomic mass is 16.6. The van der Waals surface area contributed by atoms with Gasteiger partial charge in [-0.1, -0.05) is 5.92 Å². The second-order valence-electron chi connectivity index (χ2n) is 5.39. The molecule has 0 radical (unpaired) electrons. The fourth-order valence-electron chi connectivity index (χ4n) is 1.71. The number of hydrogen-bond donors (Lipinski definition) is 0. The van der Waals surface area contributed by atoms with Crippen LogP contribution in [0, 0.1) is 23.2 Å². The van der Waals surface area contributed by atoms with Gasteiger partial charge in [-0.25, -0.2) is 4.79 Å². The minimum absolute atomic E-state index is 0.389. The highest BCUT2D eigenvalue weighted by Gasteiger charge is 2.62. The van der Waals surface area contributed by atoms with E-state index in [1.807, 2.05) is 20.8 Å². The van der Waals surface area contributed by atoms with E-state index in [0.29, 0.717) is 11.3 Å². The number of hydrogen-bond acceptors (Lipinski definition) is 2. The molecule has 0 heterocycles. The third-order valence-corrected chi connectivity index (χ3v) is 2.83. The lowest BCUT2D eigenvalue weighted by Crippen LogP contribution is -2.22. The molecule has 0 bridgehead atoms. The van der Waals surface area contributed by atoms with Crippen molar-refractivity contribution in [3.8, 4) is 11.8 Å². The monoisotopic (exact) mass is 192 g/mol. The summed E-state index contributed by atoms with van der Waals surface area (Å²) in [7, 11) is 0. The fourth-order valence-corrected chi connectivity index (χ4v) is 1.71. The van der Waals surface area contributed by atoms with Crippen LogP contribution in [0.3, 0.4) is 0 Å². The average molecular weight is 192 g/mol. The summed E-state index contributed by atoms with van der Waals surface area (Å²) >= 11 is 0. The van der Waals surface area contributed by atoms with Gasteiger partial charge in [0, 0.05) is 11.8 Å². The Morgan fingerprint density at radius 1 is 1.43 bits per heavy atom. The molecular weight excluding hydrogens is 176 g/mol. The van der Waals surface area contributed by atoms with Crippen molar-refractivity contribution in [2.75, 3.05) is 0 Å². The van der Waals surface area contributed by atoms with Crippen LogP contribution >= 0.6 is 0 Å². The molecule has 1 atom stereocenters. The van der Waals surface area contributed by atoms with Crippen LogP contribution in [0.25, 0.3) is 0 Å². The van der Waals surface area contributed by atoms with Crippen molar-refractivity contribution in [1.82, 2.24) is 0 Å². The SMILES string of the molecule is CC(C)(C)OC(=O)C#CC1CC12CC2. The average Bonchev–Trinajstić information content (AvgIpc) is 2.87. The summed E-state index contributed by atoms with van der Waals surface area (Å²) in [5.41, 5.74) is 0.127. The van der Waals surface area contributed by atoms with E-state index >= 15 is 0 Å². The van der Waals surface area contributed by atoms with Crippen LogP contribution in [0.1, 0.15) is 40.0 Å². The third kappa shape index (κ3) is 2.09. The quantitative estimate of drug-likeness (QED) is 0.334. The van der Waals surface area contributed by atoms with Crippen LogP contribution < -0.4 is 0 Å². The van der Waals surface area contributed by atoms with Crippen molar-refractivity contribution >= 4 is 5.97 Å². The normalized spacial score (nSPS) is 26.4. The zero-order chi connectivity index (χ0) is 10.4. The predicted molar refractivity (Wildman–Crippen MR) is 53.4 cm³/mol. The summed E-state index contributed by atoms with van der Waals surface area (Å²) in [6, 6.07) is 0. The summed E-state index contributed by atoms with van der Waals surface area (Å²) in [6.07, 6.45) is 3.81. The molecule has 76 valence electrons. The van der Waals surface area contributed by atoms with E-state index in [-0.39, 0.29) is 5.97 Å². The molecule has 0 N–H and O–H groups in total. The van der Waals surface area contributed by atoms with E-state index < -0.39 is 5.60 Å². The van der Waals surface area contributed by atoms with Crippen LogP contribution in [0.2, 0.25) is 0 Å². The van der Waals surface area contributed by atoms with Crippen molar-refractivity contribution in [2.24, 2.45) is 11.3 Å². The van der Waals surface area contributed by atoms with Gasteiger partial charge in [0.25, 0.3) is 0 Å². The summed E-state index contributed by atoms with van der Waals surface area (Å²) in [6.45, 7) is 5.56. The number of carbonyl (C=O) groups excluding carboxylic acids is 1. The number of ether oxygens (including phenoxy) is 1. The first kappa shape index (κ1) is 9.58. The van der Waals surface area contributed by atoms with Crippen molar-refractivity contribution in [2.45, 2.75) is 45.6 Å². The number of carbonyl (C=O) groups is 1. The van der Waals surface area contributed by atoms with Gasteiger partial charge in [-0.2, -0.15) is 0 Å². The zero-order valence-electron chi connectivity index (χ0n) is 9.02. The molecule has 2 aliphatic carbocycles. The summed E-state index contributed by atoms with van der Waals surface area (Å²) < 4.78 is 5.09. The second kappa shape index (κ2) is 2.76. The molecule has 1 unspecified atom stereocenters. The third-order valence-electron chi connectivity index (χ3n) is 2.83. The Morgan fingerprint density at radius 2 is 2.07 bits per heavy atom. The Bertz CT molecular complexity index is 320. The molecule has 0 aliphatic heterocycles. The van der Waals surface area contributed by atoms with Crippen molar-refractivity contribution in [3.05, 3.63) is 0 Å². The Labute approximate surface area is 85.0 Å². The van der Waals surface area contributed by atoms with Gasteiger partial charge in [0.2, 0.25) is 0 Å². The molecule has 2 rings (SSSR count). The first-order valence-electron chi connectivity index (χ1n) is 5.16. The Kier molecular flexibility index (Phi) is 1.89. The van der Waals surface area contributed by atoms with Crippen LogP contribution in [0.15, 0.2) is 0 Å². The standard InChI is InChI=1S/C12H16O2/c1-11(2,3)14-10(13)5-4-9-8-12(9)6-7-12/h9H,6-8H2,1-3H3. The van der Waals surface area contributed by atoms with Crippen molar-refractivity contribution in [1.29, 1.82) is 0 Å². The van der Waals surface area contributed by atoms with E-state index in [0.717, 1.165) is 0 Å². The molecule has 2 heteroatoms. The molecule has 2 aliphatic rings. The zero-order valence-corrected chi connectivity index (χ0v) is 9.02. The van der Waals surface area contributed by atoms with Gasteiger partial charge in [0.15, 0.2) is 0 Å². The smallest absolute Gasteiger partial charge is 0.384 e. The minimum atomic E-state index is -0.424. The van der Waals surface area contributed by atoms with E-state index in [4.69, 9.17) is 4.74 Å². The molecule has 14 heavy (non-hydrogen) atoms. The Balaban J connectivity index is 1.82. The van der Waals surface area contributed by atoms with Gasteiger partial charge in [-0.15, -0.1) is 0 Å². The maximum absolute atomic E-state index is 11.2. The van der Waals surface area contributed by atoms with Gasteiger partial charge >= 0.3 is 5.97 Å². The molecule has 2 saturated carbocycles. The highest BCUT2D eigenvalue weighted by Crippen LogP contribution is 2.70. The van der Waals surface area contributed by atoms with Gasteiger partial charge in [0.05, 0.1) is 0 Å². The molecular formula is C12H16O2. The van der Waals surface area contributed by atoms with Gasteiger partial charge in [-0.3, -0.25) is 0 Å². The van der Waals surface area contributed by atoms with Crippen LogP contribution in [0.4, 0.5) is 0 Å². The van der Waals surface area contributed by atoms with E-state index in [9.17, 15) is 4.79 Å². The second-order valence-corrected chi connectivity index (χ2v) is 5.39. The summed E-state index contributed by atoms with van der Waals surface area (Å²) in [5.74, 6) is 5.69. The lowest BCUT2D eigenvalue weighted by Gasteiger charge is -2.16. The Hall–Kier alpha value is -0.970. The predicted octanol–water partition coefficient (Wildman–Crippen LogP) is 2.13. The Morgan fingerprint density at radius 3 is 2.50 bits per heavy atom. The summed E-state index contributed by atoms with van der Waals surface area (Å²) in [5, 5.41) is 0. The molecule has 2 fully saturated rings. The van der Waals surface area contributed by atoms with Gasteiger partial charge in [0.1, 0.15) is 5.60 Å². The van der Waals surface area contributed by atoms with Crippen LogP contribution in [0.5, 0.6) is 0 Å². The summed E-state index contributed by atoms with van der Waals surface area (Å²) in [4.78, 5) is 11.2. The van der Waals surface area contributed by atoms with Crippen molar-refractivity contribution < 1.29 is 9.53 Å². The van der Waals surface area contributed by atoms with Gasteiger partial charge < -0.3 is 4.74 Å². The maximum atomic E-state index is 11.2. The van der Waals surface area contributed by atoms with Crippen LogP contribution in [-0.4, -0.2) is 11.6 Å². The first-order chi connectivity index (χ1) is 6.41. The fraction of sp³-hybridized carbons (Fsp3) is 0.750. The van der Waals surface area contributed by atoms with Gasteiger partial charge in [-0.05, 0) is 45.4 Å². The molecule has 1 spiro atoms. The minimum Gasteiger partial charge on any atom is -0.450 e. The number of rotatable bonds is 0. The van der Waals surface area contributed by atoms with E-state index in [2.05, 4.69) is 11.8 Å². The largest absolute Gasteiger partial charge is 0.450 e. The number of esters is 1. The lowest BCUT2D eigenvalue weighted by atomic mass is 10.2. The van der Waals surface area contributed by atoms with E-state index in [1.165, 1.54) is 19.3 Å². The molecule has 0 amide bonds. The lowest BCUT2D eigenvalue weighted by molar-refractivity contribution is -0.147. The van der Waals surface area contributed by atoms with Crippen LogP contribution in [-0.2, 0) is 9.53 Å². The highest BCUT2D eigenvalue weighted by molar-refractivity contribution is 5.88. The maximum Gasteiger partial charge on any atom is 0.384 e. The molecule has 2 nitrogen and oxygen atoms in total. The topological polar surface area (TPSA) is 26.3 Å². The van der Waals surface area contributed by atoms with Crippen molar-refractivity contribution in [3.63, 3.8) is 0 Å². The first-order valence-corrected chi connectivity index (χ1v) is 5.16. The molecule has 0 aromatic rings. The molecule has 0 saturated heterocycles. The molecule has 0 aromatic carbocycles. The molecule has 0 aromatic heterocycles. The van der Waals surface area contributed by atoms with E-state index in [1.54, 1.807) is 0 Å².